The van der Waals surface area contributed by atoms with Gasteiger partial charge in [-0.1, -0.05) is 33.1 Å². The summed E-state index contributed by atoms with van der Waals surface area (Å²) in [6, 6.07) is 0. The minimum absolute atomic E-state index is 0.000602. The Morgan fingerprint density at radius 2 is 1.83 bits per heavy atom. The highest BCUT2D eigenvalue weighted by Crippen LogP contribution is 2.51. The summed E-state index contributed by atoms with van der Waals surface area (Å²) >= 11 is 0. The van der Waals surface area contributed by atoms with E-state index in [1.807, 2.05) is 0 Å². The van der Waals surface area contributed by atoms with E-state index < -0.39 is 0 Å². The van der Waals surface area contributed by atoms with Crippen molar-refractivity contribution in [3.05, 3.63) is 0 Å². The predicted molar refractivity (Wildman–Crippen MR) is 70.2 cm³/mol. The SMILES string of the molecule is COC(=O)C(C(C)C)C1(C2CCCCC2)COC1. The number of hydrogen-bond acceptors (Lipinski definition) is 3. The van der Waals surface area contributed by atoms with Crippen LogP contribution in [0.4, 0.5) is 0 Å². The van der Waals surface area contributed by atoms with Crippen LogP contribution in [-0.4, -0.2) is 26.3 Å². The van der Waals surface area contributed by atoms with Crippen LogP contribution in [0.3, 0.4) is 0 Å². The lowest BCUT2D eigenvalue weighted by molar-refractivity contribution is -0.206. The second-order valence-electron chi connectivity index (χ2n) is 6.31. The molecule has 2 aliphatic rings. The number of carbonyl (C=O) groups excluding carboxylic acids is 1. The summed E-state index contributed by atoms with van der Waals surface area (Å²) in [6.45, 7) is 5.75. The van der Waals surface area contributed by atoms with Gasteiger partial charge in [0.25, 0.3) is 0 Å². The lowest BCUT2D eigenvalue weighted by Crippen LogP contribution is -2.57. The zero-order valence-electron chi connectivity index (χ0n) is 11.9. The van der Waals surface area contributed by atoms with Gasteiger partial charge in [0.2, 0.25) is 0 Å². The van der Waals surface area contributed by atoms with Crippen molar-refractivity contribution in [2.45, 2.75) is 46.0 Å². The van der Waals surface area contributed by atoms with Crippen molar-refractivity contribution in [3.8, 4) is 0 Å². The fraction of sp³-hybridized carbons (Fsp3) is 0.933. The first-order chi connectivity index (χ1) is 8.62. The number of esters is 1. The highest BCUT2D eigenvalue weighted by Gasteiger charge is 2.55. The molecule has 1 saturated carbocycles. The van der Waals surface area contributed by atoms with Crippen LogP contribution in [0.25, 0.3) is 0 Å². The highest BCUT2D eigenvalue weighted by atomic mass is 16.5. The largest absolute Gasteiger partial charge is 0.469 e. The zero-order valence-corrected chi connectivity index (χ0v) is 11.9. The topological polar surface area (TPSA) is 35.5 Å². The van der Waals surface area contributed by atoms with Crippen molar-refractivity contribution >= 4 is 5.97 Å². The molecule has 1 aliphatic carbocycles. The van der Waals surface area contributed by atoms with Gasteiger partial charge >= 0.3 is 5.97 Å². The molecule has 18 heavy (non-hydrogen) atoms. The number of carbonyl (C=O) groups is 1. The van der Waals surface area contributed by atoms with Crippen molar-refractivity contribution in [3.63, 3.8) is 0 Å². The van der Waals surface area contributed by atoms with E-state index in [2.05, 4.69) is 13.8 Å². The van der Waals surface area contributed by atoms with Gasteiger partial charge in [0.1, 0.15) is 0 Å². The Bertz CT molecular complexity index is 288. The minimum Gasteiger partial charge on any atom is -0.469 e. The molecular weight excluding hydrogens is 228 g/mol. The summed E-state index contributed by atoms with van der Waals surface area (Å²) in [5.74, 6) is 0.924. The van der Waals surface area contributed by atoms with Crippen LogP contribution in [0.1, 0.15) is 46.0 Å². The Morgan fingerprint density at radius 1 is 1.22 bits per heavy atom. The molecule has 2 fully saturated rings. The number of methoxy groups -OCH3 is 1. The van der Waals surface area contributed by atoms with Crippen LogP contribution < -0.4 is 0 Å². The van der Waals surface area contributed by atoms with Gasteiger partial charge in [-0.2, -0.15) is 0 Å². The zero-order chi connectivity index (χ0) is 13.2. The molecule has 1 aliphatic heterocycles. The van der Waals surface area contributed by atoms with E-state index in [0.717, 1.165) is 13.2 Å². The van der Waals surface area contributed by atoms with E-state index in [-0.39, 0.29) is 17.3 Å². The summed E-state index contributed by atoms with van der Waals surface area (Å²) in [4.78, 5) is 12.2. The Balaban J connectivity index is 2.20. The molecule has 0 spiro atoms. The quantitative estimate of drug-likeness (QED) is 0.723. The van der Waals surface area contributed by atoms with Gasteiger partial charge in [0, 0.05) is 5.41 Å². The van der Waals surface area contributed by atoms with Gasteiger partial charge in [-0.3, -0.25) is 4.79 Å². The molecule has 104 valence electrons. The summed E-state index contributed by atoms with van der Waals surface area (Å²) in [7, 11) is 1.51. The molecule has 0 radical (unpaired) electrons. The van der Waals surface area contributed by atoms with Crippen molar-refractivity contribution in [1.29, 1.82) is 0 Å². The van der Waals surface area contributed by atoms with Crippen LogP contribution in [0.2, 0.25) is 0 Å². The molecule has 0 amide bonds. The summed E-state index contributed by atoms with van der Waals surface area (Å²) in [5.41, 5.74) is 0.0572. The van der Waals surface area contributed by atoms with Gasteiger partial charge in [0.15, 0.2) is 0 Å². The first-order valence-electron chi connectivity index (χ1n) is 7.27. The Morgan fingerprint density at radius 3 is 2.22 bits per heavy atom. The van der Waals surface area contributed by atoms with E-state index in [1.165, 1.54) is 39.2 Å². The van der Waals surface area contributed by atoms with E-state index in [4.69, 9.17) is 9.47 Å². The molecule has 0 aromatic heterocycles. The average molecular weight is 254 g/mol. The maximum Gasteiger partial charge on any atom is 0.309 e. The molecule has 0 N–H and O–H groups in total. The molecule has 1 saturated heterocycles. The number of hydrogen-bond donors (Lipinski definition) is 0. The van der Waals surface area contributed by atoms with E-state index in [9.17, 15) is 4.79 Å². The predicted octanol–water partition coefficient (Wildman–Crippen LogP) is 3.03. The summed E-state index contributed by atoms with van der Waals surface area (Å²) < 4.78 is 10.6. The third-order valence-electron chi connectivity index (χ3n) is 4.90. The molecule has 3 nitrogen and oxygen atoms in total. The van der Waals surface area contributed by atoms with Gasteiger partial charge in [-0.15, -0.1) is 0 Å². The third-order valence-corrected chi connectivity index (χ3v) is 4.90. The van der Waals surface area contributed by atoms with Crippen molar-refractivity contribution in [2.24, 2.45) is 23.2 Å². The third kappa shape index (κ3) is 2.29. The molecular formula is C15H26O3. The first kappa shape index (κ1) is 13.9. The molecule has 0 aromatic carbocycles. The minimum atomic E-state index is -0.0427. The first-order valence-corrected chi connectivity index (χ1v) is 7.27. The highest BCUT2D eigenvalue weighted by molar-refractivity contribution is 5.74. The van der Waals surface area contributed by atoms with Crippen LogP contribution >= 0.6 is 0 Å². The van der Waals surface area contributed by atoms with E-state index >= 15 is 0 Å². The van der Waals surface area contributed by atoms with Gasteiger partial charge in [-0.05, 0) is 24.7 Å². The number of ether oxygens (including phenoxy) is 2. The lowest BCUT2D eigenvalue weighted by atomic mass is 9.58. The molecule has 3 heteroatoms. The standard InChI is InChI=1S/C15H26O3/c1-11(2)13(14(16)17-3)15(9-18-10-15)12-7-5-4-6-8-12/h11-13H,4-10H2,1-3H3. The second-order valence-corrected chi connectivity index (χ2v) is 6.31. The normalized spacial score (nSPS) is 25.6. The van der Waals surface area contributed by atoms with Crippen LogP contribution in [-0.2, 0) is 14.3 Å². The van der Waals surface area contributed by atoms with E-state index in [0.29, 0.717) is 11.8 Å². The van der Waals surface area contributed by atoms with Crippen molar-refractivity contribution in [1.82, 2.24) is 0 Å². The van der Waals surface area contributed by atoms with Crippen molar-refractivity contribution < 1.29 is 14.3 Å². The van der Waals surface area contributed by atoms with Crippen molar-refractivity contribution in [2.75, 3.05) is 20.3 Å². The second kappa shape index (κ2) is 5.60. The van der Waals surface area contributed by atoms with Crippen LogP contribution in [0.5, 0.6) is 0 Å². The maximum absolute atomic E-state index is 12.2. The van der Waals surface area contributed by atoms with E-state index in [1.54, 1.807) is 0 Å². The van der Waals surface area contributed by atoms with Gasteiger partial charge in [-0.25, -0.2) is 0 Å². The lowest BCUT2D eigenvalue weighted by Gasteiger charge is -2.53. The Labute approximate surface area is 110 Å². The summed E-state index contributed by atoms with van der Waals surface area (Å²) in [6.07, 6.45) is 6.46. The molecule has 0 aromatic rings. The monoisotopic (exact) mass is 254 g/mol. The molecule has 1 atom stereocenters. The maximum atomic E-state index is 12.2. The Hall–Kier alpha value is -0.570. The summed E-state index contributed by atoms with van der Waals surface area (Å²) in [5, 5.41) is 0. The molecule has 0 bridgehead atoms. The smallest absolute Gasteiger partial charge is 0.309 e. The average Bonchev–Trinajstić information content (AvgIpc) is 2.33. The molecule has 1 unspecified atom stereocenters. The molecule has 1 heterocycles. The Kier molecular flexibility index (Phi) is 4.31. The van der Waals surface area contributed by atoms with Crippen LogP contribution in [0, 0.1) is 23.2 Å². The van der Waals surface area contributed by atoms with Gasteiger partial charge < -0.3 is 9.47 Å². The van der Waals surface area contributed by atoms with Crippen LogP contribution in [0.15, 0.2) is 0 Å². The van der Waals surface area contributed by atoms with Gasteiger partial charge in [0.05, 0.1) is 26.2 Å². The fourth-order valence-corrected chi connectivity index (χ4v) is 3.98. The number of rotatable bonds is 4. The fourth-order valence-electron chi connectivity index (χ4n) is 3.98. The molecule has 2 rings (SSSR count).